The van der Waals surface area contributed by atoms with Crippen LogP contribution in [0.5, 0.6) is 0 Å². The van der Waals surface area contributed by atoms with Crippen LogP contribution < -0.4 is 0 Å². The molecule has 1 unspecified atom stereocenters. The SMILES string of the molecule is CC.C[C@@H]1C[C@H]2[C@H]3[C@H]([C@@H](O)C[C@]2(C)[C@]12OCOC21COCO1)[C@@]1(C)C=CCC=C1C[C@H]3Cl. The molecule has 2 spiro atoms. The van der Waals surface area contributed by atoms with E-state index in [-0.39, 0.29) is 47.5 Å². The molecule has 5 fully saturated rings. The third-order valence-electron chi connectivity index (χ3n) is 9.89. The predicted octanol–water partition coefficient (Wildman–Crippen LogP) is 5.02. The summed E-state index contributed by atoms with van der Waals surface area (Å²) < 4.78 is 24.4. The Hall–Kier alpha value is -0.430. The number of fused-ring (bicyclic) bond motifs is 7. The average Bonchev–Trinajstić information content (AvgIpc) is 3.45. The number of halogens is 1. The Kier molecular flexibility index (Phi) is 5.68. The van der Waals surface area contributed by atoms with Gasteiger partial charge in [-0.05, 0) is 43.4 Å². The Bertz CT molecular complexity index is 801. The molecule has 3 saturated carbocycles. The van der Waals surface area contributed by atoms with E-state index in [0.29, 0.717) is 18.9 Å². The number of aliphatic hydroxyl groups excluding tert-OH is 1. The molecule has 2 heterocycles. The second-order valence-electron chi connectivity index (χ2n) is 10.9. The molecule has 0 aromatic carbocycles. The van der Waals surface area contributed by atoms with E-state index in [9.17, 15) is 5.11 Å². The molecule has 6 rings (SSSR count). The summed E-state index contributed by atoms with van der Waals surface area (Å²) in [6.45, 7) is 11.6. The summed E-state index contributed by atoms with van der Waals surface area (Å²) in [5, 5.41) is 11.7. The normalized spacial score (nSPS) is 55.8. The molecule has 4 aliphatic carbocycles. The quantitative estimate of drug-likeness (QED) is 0.401. The molecular weight excluding hydrogens is 428 g/mol. The van der Waals surface area contributed by atoms with Crippen LogP contribution in [0.1, 0.15) is 60.3 Å². The summed E-state index contributed by atoms with van der Waals surface area (Å²) in [5.74, 6) is 0.00306. The number of hydrogen-bond acceptors (Lipinski definition) is 5. The molecule has 6 heteroatoms. The van der Waals surface area contributed by atoms with Gasteiger partial charge in [0.2, 0.25) is 5.79 Å². The zero-order valence-electron chi connectivity index (χ0n) is 20.1. The van der Waals surface area contributed by atoms with Crippen LogP contribution in [0.3, 0.4) is 0 Å². The highest BCUT2D eigenvalue weighted by Gasteiger charge is 2.79. The number of allylic oxidation sites excluding steroid dienone is 4. The predicted molar refractivity (Wildman–Crippen MR) is 123 cm³/mol. The molecule has 180 valence electrons. The first-order valence-electron chi connectivity index (χ1n) is 12.5. The highest BCUT2D eigenvalue weighted by Crippen LogP contribution is 2.73. The second-order valence-corrected chi connectivity index (χ2v) is 11.5. The van der Waals surface area contributed by atoms with E-state index in [4.69, 9.17) is 30.5 Å². The number of ether oxygens (including phenoxy) is 4. The molecule has 0 bridgehead atoms. The van der Waals surface area contributed by atoms with E-state index in [1.165, 1.54) is 5.57 Å². The van der Waals surface area contributed by atoms with Crippen LogP contribution in [0.15, 0.2) is 23.8 Å². The molecule has 0 aromatic heterocycles. The van der Waals surface area contributed by atoms with Gasteiger partial charge in [0, 0.05) is 22.1 Å². The molecular formula is C26H39ClO5. The first-order valence-corrected chi connectivity index (χ1v) is 12.9. The molecule has 1 N–H and O–H groups in total. The number of alkyl halides is 1. The Morgan fingerprint density at radius 1 is 1.12 bits per heavy atom. The zero-order valence-corrected chi connectivity index (χ0v) is 20.9. The first kappa shape index (κ1) is 23.3. The van der Waals surface area contributed by atoms with E-state index in [2.05, 4.69) is 39.0 Å². The Morgan fingerprint density at radius 2 is 1.88 bits per heavy atom. The molecule has 5 nitrogen and oxygen atoms in total. The average molecular weight is 467 g/mol. The highest BCUT2D eigenvalue weighted by molar-refractivity contribution is 6.21. The summed E-state index contributed by atoms with van der Waals surface area (Å²) in [7, 11) is 0. The van der Waals surface area contributed by atoms with Gasteiger partial charge in [0.15, 0.2) is 13.6 Å². The van der Waals surface area contributed by atoms with Crippen molar-refractivity contribution in [2.75, 3.05) is 20.2 Å². The Labute approximate surface area is 197 Å². The van der Waals surface area contributed by atoms with Crippen molar-refractivity contribution in [3.8, 4) is 0 Å². The van der Waals surface area contributed by atoms with Gasteiger partial charge in [-0.15, -0.1) is 11.6 Å². The van der Waals surface area contributed by atoms with Crippen LogP contribution in [0.25, 0.3) is 0 Å². The summed E-state index contributed by atoms with van der Waals surface area (Å²) >= 11 is 7.16. The largest absolute Gasteiger partial charge is 0.393 e. The third kappa shape index (κ3) is 2.64. The minimum Gasteiger partial charge on any atom is -0.393 e. The maximum absolute atomic E-state index is 11.7. The van der Waals surface area contributed by atoms with Gasteiger partial charge in [-0.1, -0.05) is 58.4 Å². The lowest BCUT2D eigenvalue weighted by molar-refractivity contribution is -0.265. The van der Waals surface area contributed by atoms with Gasteiger partial charge in [0.25, 0.3) is 0 Å². The summed E-state index contributed by atoms with van der Waals surface area (Å²) in [6, 6.07) is 0. The van der Waals surface area contributed by atoms with Crippen molar-refractivity contribution in [3.63, 3.8) is 0 Å². The first-order chi connectivity index (χ1) is 15.3. The number of hydrogen-bond donors (Lipinski definition) is 1. The fourth-order valence-corrected chi connectivity index (χ4v) is 9.40. The number of aliphatic hydroxyl groups is 1. The van der Waals surface area contributed by atoms with E-state index < -0.39 is 17.5 Å². The van der Waals surface area contributed by atoms with Crippen LogP contribution in [-0.4, -0.2) is 48.2 Å². The third-order valence-corrected chi connectivity index (χ3v) is 10.3. The minimum atomic E-state index is -0.890. The van der Waals surface area contributed by atoms with E-state index in [1.807, 2.05) is 13.8 Å². The van der Waals surface area contributed by atoms with Gasteiger partial charge in [0.05, 0.1) is 6.10 Å². The summed E-state index contributed by atoms with van der Waals surface area (Å²) in [4.78, 5) is 0. The smallest absolute Gasteiger partial charge is 0.227 e. The molecule has 2 saturated heterocycles. The minimum absolute atomic E-state index is 0.0152. The lowest BCUT2D eigenvalue weighted by Crippen LogP contribution is -2.68. The van der Waals surface area contributed by atoms with Crippen molar-refractivity contribution < 1.29 is 24.1 Å². The molecule has 2 aliphatic heterocycles. The molecule has 10 atom stereocenters. The van der Waals surface area contributed by atoms with Crippen molar-refractivity contribution in [1.82, 2.24) is 0 Å². The molecule has 0 aromatic rings. The molecule has 0 radical (unpaired) electrons. The van der Waals surface area contributed by atoms with Crippen molar-refractivity contribution in [1.29, 1.82) is 0 Å². The second kappa shape index (κ2) is 7.79. The van der Waals surface area contributed by atoms with Gasteiger partial charge in [-0.25, -0.2) is 0 Å². The van der Waals surface area contributed by atoms with Crippen molar-refractivity contribution in [2.24, 2.45) is 34.5 Å². The van der Waals surface area contributed by atoms with Gasteiger partial charge in [-0.2, -0.15) is 0 Å². The maximum atomic E-state index is 11.7. The fraction of sp³-hybridized carbons (Fsp3) is 0.846. The zero-order chi connectivity index (χ0) is 22.9. The van der Waals surface area contributed by atoms with Crippen molar-refractivity contribution >= 4 is 11.6 Å². The maximum Gasteiger partial charge on any atom is 0.227 e. The van der Waals surface area contributed by atoms with E-state index in [0.717, 1.165) is 19.3 Å². The van der Waals surface area contributed by atoms with Crippen LogP contribution in [0.2, 0.25) is 0 Å². The molecule has 6 aliphatic rings. The van der Waals surface area contributed by atoms with Crippen LogP contribution in [-0.2, 0) is 18.9 Å². The standard InChI is InChI=1S/C24H33ClO5.C2H6/c1-14-8-16-19-17(25)9-15-6-4-5-7-21(15,2)20(19)18(26)10-22(16,3)24(14)23(29-13-30-24)11-27-12-28-23;1-2/h5-7,14,16-20,26H,4,8-13H2,1-3H3;1-2H3/t14-,16+,17-,18+,19-,20+,21+,22+,23?,24-;/m1./s1. The molecule has 0 amide bonds. The highest BCUT2D eigenvalue weighted by atomic mass is 35.5. The lowest BCUT2D eigenvalue weighted by Gasteiger charge is -2.62. The van der Waals surface area contributed by atoms with Crippen molar-refractivity contribution in [3.05, 3.63) is 23.8 Å². The Morgan fingerprint density at radius 3 is 2.59 bits per heavy atom. The van der Waals surface area contributed by atoms with Gasteiger partial charge in [-0.3, -0.25) is 0 Å². The van der Waals surface area contributed by atoms with Crippen LogP contribution in [0.4, 0.5) is 0 Å². The monoisotopic (exact) mass is 466 g/mol. The Balaban J connectivity index is 0.00000105. The topological polar surface area (TPSA) is 57.2 Å². The van der Waals surface area contributed by atoms with Crippen LogP contribution >= 0.6 is 11.6 Å². The number of rotatable bonds is 0. The van der Waals surface area contributed by atoms with Gasteiger partial charge >= 0.3 is 0 Å². The van der Waals surface area contributed by atoms with Gasteiger partial charge in [0.1, 0.15) is 12.2 Å². The van der Waals surface area contributed by atoms with E-state index in [1.54, 1.807) is 0 Å². The fourth-order valence-electron chi connectivity index (χ4n) is 8.90. The molecule has 32 heavy (non-hydrogen) atoms. The lowest BCUT2D eigenvalue weighted by atomic mass is 9.45. The van der Waals surface area contributed by atoms with Gasteiger partial charge < -0.3 is 24.1 Å². The summed E-state index contributed by atoms with van der Waals surface area (Å²) in [5.41, 5.74) is 0.342. The van der Waals surface area contributed by atoms with Crippen LogP contribution in [0, 0.1) is 34.5 Å². The summed E-state index contributed by atoms with van der Waals surface area (Å²) in [6.07, 6.45) is 9.99. The van der Waals surface area contributed by atoms with E-state index >= 15 is 0 Å². The van der Waals surface area contributed by atoms with Crippen molar-refractivity contribution in [2.45, 2.75) is 83.2 Å².